The van der Waals surface area contributed by atoms with Gasteiger partial charge in [-0.05, 0) is 34.4 Å². The summed E-state index contributed by atoms with van der Waals surface area (Å²) < 4.78 is 0. The van der Waals surface area contributed by atoms with Crippen molar-refractivity contribution in [1.82, 2.24) is 0 Å². The van der Waals surface area contributed by atoms with Crippen LogP contribution in [0.1, 0.15) is 20.8 Å². The highest BCUT2D eigenvalue weighted by Gasteiger charge is 2.21. The summed E-state index contributed by atoms with van der Waals surface area (Å²) in [5.74, 6) is 0.0307. The number of fused-ring (bicyclic) bond motifs is 2. The molecule has 2 heteroatoms. The van der Waals surface area contributed by atoms with Crippen LogP contribution in [0.25, 0.3) is 21.5 Å². The number of carbonyl (C=O) groups excluding carboxylic acids is 1. The number of anilines is 1. The molecule has 0 radical (unpaired) electrons. The number of carbonyl (C=O) groups is 1. The van der Waals surface area contributed by atoms with Crippen molar-refractivity contribution in [2.24, 2.45) is 5.41 Å². The minimum Gasteiger partial charge on any atom is -0.325 e. The summed E-state index contributed by atoms with van der Waals surface area (Å²) in [6.45, 7) is 5.76. The summed E-state index contributed by atoms with van der Waals surface area (Å²) in [4.78, 5) is 12.2. The van der Waals surface area contributed by atoms with E-state index in [1.54, 1.807) is 0 Å². The third kappa shape index (κ3) is 2.62. The standard InChI is InChI=1S/C19H19NO/c1-19(2,3)18(21)20-17-10-6-9-15-11-13-7-4-5-8-14(13)12-16(15)17/h4-12H,1-3H3,(H,20,21). The second-order valence-corrected chi connectivity index (χ2v) is 6.43. The zero-order valence-electron chi connectivity index (χ0n) is 12.6. The molecule has 1 N–H and O–H groups in total. The minimum absolute atomic E-state index is 0.0307. The molecule has 3 rings (SSSR count). The Morgan fingerprint density at radius 1 is 0.857 bits per heavy atom. The van der Waals surface area contributed by atoms with E-state index in [1.165, 1.54) is 10.8 Å². The Hall–Kier alpha value is -2.35. The van der Waals surface area contributed by atoms with Crippen molar-refractivity contribution in [2.45, 2.75) is 20.8 Å². The lowest BCUT2D eigenvalue weighted by Crippen LogP contribution is -2.27. The van der Waals surface area contributed by atoms with E-state index in [-0.39, 0.29) is 5.91 Å². The maximum Gasteiger partial charge on any atom is 0.229 e. The third-order valence-electron chi connectivity index (χ3n) is 3.68. The van der Waals surface area contributed by atoms with Gasteiger partial charge in [0.1, 0.15) is 0 Å². The number of hydrogen-bond acceptors (Lipinski definition) is 1. The van der Waals surface area contributed by atoms with Gasteiger partial charge in [-0.3, -0.25) is 4.79 Å². The van der Waals surface area contributed by atoms with E-state index in [0.717, 1.165) is 16.5 Å². The summed E-state index contributed by atoms with van der Waals surface area (Å²) in [6.07, 6.45) is 0. The van der Waals surface area contributed by atoms with Crippen molar-refractivity contribution in [3.05, 3.63) is 54.6 Å². The fourth-order valence-corrected chi connectivity index (χ4v) is 2.39. The van der Waals surface area contributed by atoms with Crippen LogP contribution in [0.5, 0.6) is 0 Å². The van der Waals surface area contributed by atoms with Crippen LogP contribution in [0.4, 0.5) is 5.69 Å². The molecule has 0 bridgehead atoms. The van der Waals surface area contributed by atoms with Crippen LogP contribution in [0.2, 0.25) is 0 Å². The van der Waals surface area contributed by atoms with Crippen LogP contribution in [0.3, 0.4) is 0 Å². The molecule has 1 amide bonds. The van der Waals surface area contributed by atoms with Crippen molar-refractivity contribution in [3.8, 4) is 0 Å². The molecule has 3 aromatic carbocycles. The van der Waals surface area contributed by atoms with Gasteiger partial charge in [-0.25, -0.2) is 0 Å². The fourth-order valence-electron chi connectivity index (χ4n) is 2.39. The smallest absolute Gasteiger partial charge is 0.229 e. The van der Waals surface area contributed by atoms with Crippen LogP contribution < -0.4 is 5.32 Å². The minimum atomic E-state index is -0.404. The molecule has 0 aromatic heterocycles. The van der Waals surface area contributed by atoms with Crippen LogP contribution in [-0.4, -0.2) is 5.91 Å². The molecule has 0 heterocycles. The van der Waals surface area contributed by atoms with Gasteiger partial charge in [0.2, 0.25) is 5.91 Å². The predicted molar refractivity (Wildman–Crippen MR) is 89.5 cm³/mol. The molecular formula is C19H19NO. The van der Waals surface area contributed by atoms with Gasteiger partial charge in [0.05, 0.1) is 0 Å². The summed E-state index contributed by atoms with van der Waals surface area (Å²) >= 11 is 0. The second-order valence-electron chi connectivity index (χ2n) is 6.43. The monoisotopic (exact) mass is 277 g/mol. The lowest BCUT2D eigenvalue weighted by atomic mass is 9.95. The highest BCUT2D eigenvalue weighted by Crippen LogP contribution is 2.29. The summed E-state index contributed by atoms with van der Waals surface area (Å²) in [6, 6.07) is 18.6. The Kier molecular flexibility index (Phi) is 3.17. The van der Waals surface area contributed by atoms with Crippen LogP contribution >= 0.6 is 0 Å². The van der Waals surface area contributed by atoms with Crippen LogP contribution in [-0.2, 0) is 4.79 Å². The van der Waals surface area contributed by atoms with Crippen molar-refractivity contribution < 1.29 is 4.79 Å². The topological polar surface area (TPSA) is 29.1 Å². The van der Waals surface area contributed by atoms with Crippen LogP contribution in [0.15, 0.2) is 54.6 Å². The highest BCUT2D eigenvalue weighted by molar-refractivity contribution is 6.08. The molecule has 0 fully saturated rings. The van der Waals surface area contributed by atoms with E-state index in [2.05, 4.69) is 35.6 Å². The van der Waals surface area contributed by atoms with Crippen molar-refractivity contribution in [2.75, 3.05) is 5.32 Å². The molecular weight excluding hydrogens is 258 g/mol. The van der Waals surface area contributed by atoms with E-state index < -0.39 is 5.41 Å². The average Bonchev–Trinajstić information content (AvgIpc) is 2.44. The summed E-state index contributed by atoms with van der Waals surface area (Å²) in [5.41, 5.74) is 0.470. The molecule has 0 unspecified atom stereocenters. The highest BCUT2D eigenvalue weighted by atomic mass is 16.2. The van der Waals surface area contributed by atoms with Gasteiger partial charge in [-0.1, -0.05) is 57.2 Å². The average molecular weight is 277 g/mol. The molecule has 0 saturated carbocycles. The molecule has 0 aliphatic rings. The maximum atomic E-state index is 12.2. The number of amides is 1. The molecule has 0 spiro atoms. The normalized spacial score (nSPS) is 11.8. The SMILES string of the molecule is CC(C)(C)C(=O)Nc1cccc2cc3ccccc3cc12. The Labute approximate surface area is 124 Å². The Bertz CT molecular complexity index is 828. The number of rotatable bonds is 1. The Morgan fingerprint density at radius 2 is 1.48 bits per heavy atom. The van der Waals surface area contributed by atoms with Gasteiger partial charge in [-0.2, -0.15) is 0 Å². The Balaban J connectivity index is 2.15. The zero-order valence-corrected chi connectivity index (χ0v) is 12.6. The van der Waals surface area contributed by atoms with Gasteiger partial charge in [0.25, 0.3) is 0 Å². The molecule has 0 atom stereocenters. The van der Waals surface area contributed by atoms with E-state index in [0.29, 0.717) is 0 Å². The largest absolute Gasteiger partial charge is 0.325 e. The van der Waals surface area contributed by atoms with Gasteiger partial charge in [-0.15, -0.1) is 0 Å². The molecule has 0 saturated heterocycles. The quantitative estimate of drug-likeness (QED) is 0.625. The van der Waals surface area contributed by atoms with Gasteiger partial charge >= 0.3 is 0 Å². The van der Waals surface area contributed by atoms with Gasteiger partial charge in [0, 0.05) is 16.5 Å². The molecule has 0 aliphatic carbocycles. The van der Waals surface area contributed by atoms with Crippen molar-refractivity contribution in [3.63, 3.8) is 0 Å². The van der Waals surface area contributed by atoms with Gasteiger partial charge in [0.15, 0.2) is 0 Å². The molecule has 0 aliphatic heterocycles. The summed E-state index contributed by atoms with van der Waals surface area (Å²) in [5, 5.41) is 7.66. The first-order valence-corrected chi connectivity index (χ1v) is 7.18. The zero-order chi connectivity index (χ0) is 15.0. The first-order valence-electron chi connectivity index (χ1n) is 7.18. The first kappa shape index (κ1) is 13.6. The van der Waals surface area contributed by atoms with Crippen molar-refractivity contribution in [1.29, 1.82) is 0 Å². The predicted octanol–water partition coefficient (Wildman–Crippen LogP) is 4.98. The number of nitrogens with one attached hydrogen (secondary N) is 1. The maximum absolute atomic E-state index is 12.2. The van der Waals surface area contributed by atoms with Crippen molar-refractivity contribution >= 4 is 33.1 Å². The second kappa shape index (κ2) is 4.88. The van der Waals surface area contributed by atoms with E-state index in [4.69, 9.17) is 0 Å². The molecule has 3 aromatic rings. The fraction of sp³-hybridized carbons (Fsp3) is 0.211. The Morgan fingerprint density at radius 3 is 2.14 bits per heavy atom. The molecule has 2 nitrogen and oxygen atoms in total. The number of benzene rings is 3. The molecule has 21 heavy (non-hydrogen) atoms. The number of hydrogen-bond donors (Lipinski definition) is 1. The summed E-state index contributed by atoms with van der Waals surface area (Å²) in [7, 11) is 0. The first-order chi connectivity index (χ1) is 9.95. The van der Waals surface area contributed by atoms with E-state index in [1.807, 2.05) is 45.0 Å². The van der Waals surface area contributed by atoms with E-state index in [9.17, 15) is 4.79 Å². The van der Waals surface area contributed by atoms with Crippen LogP contribution in [0, 0.1) is 5.41 Å². The lowest BCUT2D eigenvalue weighted by molar-refractivity contribution is -0.123. The third-order valence-corrected chi connectivity index (χ3v) is 3.68. The van der Waals surface area contributed by atoms with Gasteiger partial charge < -0.3 is 5.32 Å². The molecule has 106 valence electrons. The van der Waals surface area contributed by atoms with E-state index >= 15 is 0 Å². The lowest BCUT2D eigenvalue weighted by Gasteiger charge is -2.18.